The second-order valence-electron chi connectivity index (χ2n) is 6.68. The summed E-state index contributed by atoms with van der Waals surface area (Å²) in [4.78, 5) is 14.0. The Kier molecular flexibility index (Phi) is 2.89. The Labute approximate surface area is 104 Å². The molecular formula is C13H24N2O2. The van der Waals surface area contributed by atoms with Crippen molar-refractivity contribution in [3.05, 3.63) is 0 Å². The molecule has 3 atom stereocenters. The van der Waals surface area contributed by atoms with Gasteiger partial charge in [-0.2, -0.15) is 0 Å². The number of nitrogens with zero attached hydrogens (tertiary/aromatic N) is 1. The van der Waals surface area contributed by atoms with Gasteiger partial charge >= 0.3 is 6.09 Å². The van der Waals surface area contributed by atoms with Crippen LogP contribution in [0.15, 0.2) is 0 Å². The molecule has 3 unspecified atom stereocenters. The molecule has 17 heavy (non-hydrogen) atoms. The minimum absolute atomic E-state index is 0.178. The fourth-order valence-corrected chi connectivity index (χ4v) is 3.11. The predicted octanol–water partition coefficient (Wildman–Crippen LogP) is 1.99. The van der Waals surface area contributed by atoms with Gasteiger partial charge in [0.1, 0.15) is 5.60 Å². The summed E-state index contributed by atoms with van der Waals surface area (Å²) in [6.45, 7) is 12.0. The van der Waals surface area contributed by atoms with E-state index < -0.39 is 5.60 Å². The first kappa shape index (κ1) is 12.7. The Morgan fingerprint density at radius 2 is 2.12 bits per heavy atom. The van der Waals surface area contributed by atoms with Gasteiger partial charge in [0.15, 0.2) is 0 Å². The molecule has 4 heteroatoms. The summed E-state index contributed by atoms with van der Waals surface area (Å²) >= 11 is 0. The molecule has 2 rings (SSSR count). The molecule has 98 valence electrons. The molecule has 2 heterocycles. The zero-order valence-corrected chi connectivity index (χ0v) is 11.5. The second kappa shape index (κ2) is 3.87. The number of ether oxygens (including phenoxy) is 1. The van der Waals surface area contributed by atoms with Crippen molar-refractivity contribution in [2.75, 3.05) is 13.1 Å². The highest BCUT2D eigenvalue weighted by Gasteiger charge is 2.52. The molecular weight excluding hydrogens is 216 g/mol. The van der Waals surface area contributed by atoms with Gasteiger partial charge in [0, 0.05) is 24.0 Å². The summed E-state index contributed by atoms with van der Waals surface area (Å²) in [6, 6.07) is 0.632. The molecule has 0 aromatic rings. The average molecular weight is 240 g/mol. The zero-order chi connectivity index (χ0) is 12.8. The van der Waals surface area contributed by atoms with Gasteiger partial charge in [-0.15, -0.1) is 0 Å². The van der Waals surface area contributed by atoms with E-state index in [1.54, 1.807) is 0 Å². The molecule has 2 fully saturated rings. The molecule has 0 aliphatic carbocycles. The highest BCUT2D eigenvalue weighted by Crippen LogP contribution is 2.41. The van der Waals surface area contributed by atoms with E-state index in [0.29, 0.717) is 6.04 Å². The van der Waals surface area contributed by atoms with Gasteiger partial charge in [0.25, 0.3) is 0 Å². The maximum atomic E-state index is 12.1. The normalized spacial score (nSPS) is 37.1. The smallest absolute Gasteiger partial charge is 0.410 e. The van der Waals surface area contributed by atoms with Crippen molar-refractivity contribution in [2.45, 2.75) is 58.7 Å². The summed E-state index contributed by atoms with van der Waals surface area (Å²) in [5.74, 6) is 0. The van der Waals surface area contributed by atoms with Crippen LogP contribution in [0.25, 0.3) is 0 Å². The first-order valence-corrected chi connectivity index (χ1v) is 6.46. The third kappa shape index (κ3) is 2.28. The summed E-state index contributed by atoms with van der Waals surface area (Å²) in [5.41, 5.74) is -0.195. The van der Waals surface area contributed by atoms with Gasteiger partial charge in [-0.1, -0.05) is 6.92 Å². The summed E-state index contributed by atoms with van der Waals surface area (Å²) < 4.78 is 5.46. The monoisotopic (exact) mass is 240 g/mol. The van der Waals surface area contributed by atoms with Gasteiger partial charge in [0.05, 0.1) is 0 Å². The molecule has 2 saturated heterocycles. The van der Waals surface area contributed by atoms with Crippen LogP contribution >= 0.6 is 0 Å². The van der Waals surface area contributed by atoms with Crippen molar-refractivity contribution in [2.24, 2.45) is 5.41 Å². The Hall–Kier alpha value is -0.770. The SMILES string of the molecule is CC1C2NCCC2(C)CN1C(=O)OC(C)(C)C. The molecule has 4 nitrogen and oxygen atoms in total. The maximum Gasteiger partial charge on any atom is 0.410 e. The van der Waals surface area contributed by atoms with E-state index >= 15 is 0 Å². The molecule has 1 N–H and O–H groups in total. The lowest BCUT2D eigenvalue weighted by Crippen LogP contribution is -2.44. The number of carbonyl (C=O) groups is 1. The van der Waals surface area contributed by atoms with E-state index in [2.05, 4.69) is 19.2 Å². The van der Waals surface area contributed by atoms with E-state index in [0.717, 1.165) is 19.5 Å². The molecule has 0 aromatic carbocycles. The van der Waals surface area contributed by atoms with Gasteiger partial charge in [-0.05, 0) is 40.7 Å². The third-order valence-electron chi connectivity index (χ3n) is 3.94. The van der Waals surface area contributed by atoms with E-state index in [9.17, 15) is 4.79 Å². The van der Waals surface area contributed by atoms with Crippen LogP contribution in [-0.4, -0.2) is 41.8 Å². The largest absolute Gasteiger partial charge is 0.444 e. The fraction of sp³-hybridized carbons (Fsp3) is 0.923. The Balaban J connectivity index is 2.07. The van der Waals surface area contributed by atoms with Crippen molar-refractivity contribution in [1.82, 2.24) is 10.2 Å². The van der Waals surface area contributed by atoms with E-state index in [-0.39, 0.29) is 17.6 Å². The number of hydrogen-bond acceptors (Lipinski definition) is 3. The minimum atomic E-state index is -0.414. The highest BCUT2D eigenvalue weighted by molar-refractivity contribution is 5.69. The lowest BCUT2D eigenvalue weighted by atomic mass is 9.84. The van der Waals surface area contributed by atoms with E-state index in [4.69, 9.17) is 4.74 Å². The Bertz CT molecular complexity index is 324. The molecule has 0 spiro atoms. The van der Waals surface area contributed by atoms with Gasteiger partial charge < -0.3 is 15.0 Å². The van der Waals surface area contributed by atoms with Crippen LogP contribution in [0, 0.1) is 5.41 Å². The third-order valence-corrected chi connectivity index (χ3v) is 3.94. The standard InChI is InChI=1S/C13H24N2O2/c1-9-10-13(5,6-7-14-10)8-15(9)11(16)17-12(2,3)4/h9-10,14H,6-8H2,1-5H3. The van der Waals surface area contributed by atoms with Crippen molar-refractivity contribution in [3.8, 4) is 0 Å². The van der Waals surface area contributed by atoms with E-state index in [1.807, 2.05) is 25.7 Å². The lowest BCUT2D eigenvalue weighted by Gasteiger charge is -2.28. The van der Waals surface area contributed by atoms with E-state index in [1.165, 1.54) is 0 Å². The first-order valence-electron chi connectivity index (χ1n) is 6.46. The lowest BCUT2D eigenvalue weighted by molar-refractivity contribution is 0.0215. The Morgan fingerprint density at radius 3 is 2.65 bits per heavy atom. The van der Waals surface area contributed by atoms with Crippen molar-refractivity contribution < 1.29 is 9.53 Å². The number of fused-ring (bicyclic) bond motifs is 1. The Morgan fingerprint density at radius 1 is 1.47 bits per heavy atom. The molecule has 0 saturated carbocycles. The zero-order valence-electron chi connectivity index (χ0n) is 11.5. The number of hydrogen-bond donors (Lipinski definition) is 1. The molecule has 2 aliphatic rings. The second-order valence-corrected chi connectivity index (χ2v) is 6.68. The van der Waals surface area contributed by atoms with Crippen LogP contribution in [0.5, 0.6) is 0 Å². The van der Waals surface area contributed by atoms with Gasteiger partial charge in [-0.25, -0.2) is 4.79 Å². The predicted molar refractivity (Wildman–Crippen MR) is 66.9 cm³/mol. The molecule has 0 bridgehead atoms. The molecule has 0 aromatic heterocycles. The van der Waals surface area contributed by atoms with Gasteiger partial charge in [0.2, 0.25) is 0 Å². The maximum absolute atomic E-state index is 12.1. The molecule has 1 amide bonds. The van der Waals surface area contributed by atoms with Crippen LogP contribution in [0.3, 0.4) is 0 Å². The highest BCUT2D eigenvalue weighted by atomic mass is 16.6. The first-order chi connectivity index (χ1) is 7.73. The van der Waals surface area contributed by atoms with Crippen LogP contribution < -0.4 is 5.32 Å². The molecule has 2 aliphatic heterocycles. The summed E-state index contributed by atoms with van der Waals surface area (Å²) in [5, 5.41) is 3.51. The number of carbonyl (C=O) groups excluding carboxylic acids is 1. The van der Waals surface area contributed by atoms with Crippen molar-refractivity contribution >= 4 is 6.09 Å². The summed E-state index contributed by atoms with van der Waals surface area (Å²) in [7, 11) is 0. The van der Waals surface area contributed by atoms with Crippen LogP contribution in [-0.2, 0) is 4.74 Å². The fourth-order valence-electron chi connectivity index (χ4n) is 3.11. The topological polar surface area (TPSA) is 41.6 Å². The van der Waals surface area contributed by atoms with Crippen molar-refractivity contribution in [3.63, 3.8) is 0 Å². The van der Waals surface area contributed by atoms with Crippen LogP contribution in [0.2, 0.25) is 0 Å². The number of amides is 1. The van der Waals surface area contributed by atoms with Crippen molar-refractivity contribution in [1.29, 1.82) is 0 Å². The van der Waals surface area contributed by atoms with Crippen LogP contribution in [0.1, 0.15) is 41.0 Å². The van der Waals surface area contributed by atoms with Crippen LogP contribution in [0.4, 0.5) is 4.79 Å². The number of likely N-dealkylation sites (tertiary alicyclic amines) is 1. The number of nitrogens with one attached hydrogen (secondary N) is 1. The average Bonchev–Trinajstić information content (AvgIpc) is 2.62. The molecule has 0 radical (unpaired) electrons. The quantitative estimate of drug-likeness (QED) is 0.704. The summed E-state index contributed by atoms with van der Waals surface area (Å²) in [6.07, 6.45) is 0.962. The number of rotatable bonds is 0. The van der Waals surface area contributed by atoms with Gasteiger partial charge in [-0.3, -0.25) is 0 Å². The minimum Gasteiger partial charge on any atom is -0.444 e.